The van der Waals surface area contributed by atoms with Crippen molar-refractivity contribution in [3.8, 4) is 22.9 Å². The highest BCUT2D eigenvalue weighted by Gasteiger charge is 2.25. The molecule has 8 heteroatoms. The number of carbonyl (C=O) groups excluding carboxylic acids is 2. The molecular formula is C23H33N5O3. The van der Waals surface area contributed by atoms with Crippen molar-refractivity contribution in [3.05, 3.63) is 53.5 Å². The van der Waals surface area contributed by atoms with E-state index in [2.05, 4.69) is 21.9 Å². The van der Waals surface area contributed by atoms with Gasteiger partial charge in [0.05, 0.1) is 0 Å². The first-order chi connectivity index (χ1) is 15.1. The van der Waals surface area contributed by atoms with Crippen molar-refractivity contribution in [1.29, 1.82) is 0 Å². The molecule has 0 radical (unpaired) electrons. The predicted molar refractivity (Wildman–Crippen MR) is 124 cm³/mol. The van der Waals surface area contributed by atoms with Gasteiger partial charge in [0.25, 0.3) is 0 Å². The highest BCUT2D eigenvalue weighted by Crippen LogP contribution is 2.30. The van der Waals surface area contributed by atoms with E-state index in [0.717, 1.165) is 36.6 Å². The number of aromatic nitrogens is 4. The van der Waals surface area contributed by atoms with Crippen molar-refractivity contribution in [2.75, 3.05) is 11.9 Å². The van der Waals surface area contributed by atoms with Crippen LogP contribution in [0.25, 0.3) is 22.9 Å². The van der Waals surface area contributed by atoms with Gasteiger partial charge in [-0.15, -0.1) is 6.58 Å². The first-order valence-corrected chi connectivity index (χ1v) is 10.4. The maximum Gasteiger partial charge on any atom is 0.373 e. The molecule has 0 atom stereocenters. The monoisotopic (exact) mass is 427 g/mol. The van der Waals surface area contributed by atoms with Crippen LogP contribution >= 0.6 is 0 Å². The smallest absolute Gasteiger partial charge is 0.369 e. The Morgan fingerprint density at radius 1 is 1.10 bits per heavy atom. The van der Waals surface area contributed by atoms with E-state index in [9.17, 15) is 4.79 Å². The minimum atomic E-state index is -0.0517. The average molecular weight is 428 g/mol. The number of hydrogen-bond acceptors (Lipinski definition) is 6. The van der Waals surface area contributed by atoms with Crippen molar-refractivity contribution in [1.82, 2.24) is 19.1 Å². The Balaban J connectivity index is 0.000000784. The molecule has 3 aliphatic rings. The SMILES string of the molecule is C=CC.CC.CC.Cn1c2nc(-c3ccccc3)nc-2c2n(c1=O)CCCN2.O=C=O. The zero-order chi connectivity index (χ0) is 23.8. The minimum absolute atomic E-state index is 0.0517. The normalized spacial score (nSPS) is 10.5. The molecule has 8 nitrogen and oxygen atoms in total. The topological polar surface area (TPSA) is 98.9 Å². The molecule has 1 aromatic carbocycles. The summed E-state index contributed by atoms with van der Waals surface area (Å²) in [5.41, 5.74) is 1.66. The fraction of sp³-hybridized carbons (Fsp3) is 0.391. The van der Waals surface area contributed by atoms with Gasteiger partial charge in [0.2, 0.25) is 0 Å². The second kappa shape index (κ2) is 15.3. The first kappa shape index (κ1) is 27.5. The number of rotatable bonds is 1. The van der Waals surface area contributed by atoms with Crippen LogP contribution in [0, 0.1) is 0 Å². The molecular weight excluding hydrogens is 394 g/mol. The second-order valence-corrected chi connectivity index (χ2v) is 5.70. The molecule has 0 aliphatic carbocycles. The van der Waals surface area contributed by atoms with Gasteiger partial charge in [0, 0.05) is 25.7 Å². The molecule has 0 amide bonds. The fourth-order valence-corrected chi connectivity index (χ4v) is 2.77. The summed E-state index contributed by atoms with van der Waals surface area (Å²) in [7, 11) is 1.75. The largest absolute Gasteiger partial charge is 0.373 e. The number of nitrogens with one attached hydrogen (secondary N) is 1. The van der Waals surface area contributed by atoms with Crippen LogP contribution in [0.5, 0.6) is 0 Å². The van der Waals surface area contributed by atoms with E-state index in [0.29, 0.717) is 11.6 Å². The van der Waals surface area contributed by atoms with Crippen molar-refractivity contribution in [2.45, 2.75) is 47.6 Å². The van der Waals surface area contributed by atoms with E-state index in [1.165, 1.54) is 0 Å². The Kier molecular flexibility index (Phi) is 13.6. The standard InChI is InChI=1S/C15H15N5O.C3H6.2C2H6.CO2/c1-19-14-11(13-16-8-5-9-20(13)15(19)21)17-12(18-14)10-6-3-2-4-7-10;1-3-2;2*1-2;2-1-3/h2-4,6-7,16H,5,8-9H2,1H3;3H,1H2,2H3;2*1-2H3;. The van der Waals surface area contributed by atoms with Gasteiger partial charge in [-0.25, -0.2) is 14.8 Å². The van der Waals surface area contributed by atoms with Gasteiger partial charge >= 0.3 is 11.8 Å². The fourth-order valence-electron chi connectivity index (χ4n) is 2.77. The summed E-state index contributed by atoms with van der Waals surface area (Å²) < 4.78 is 3.32. The number of allylic oxidation sites excluding steroid dienone is 1. The highest BCUT2D eigenvalue weighted by molar-refractivity contribution is 5.73. The van der Waals surface area contributed by atoms with E-state index >= 15 is 0 Å². The van der Waals surface area contributed by atoms with Crippen LogP contribution in [0.2, 0.25) is 0 Å². The first-order valence-electron chi connectivity index (χ1n) is 10.4. The van der Waals surface area contributed by atoms with E-state index in [-0.39, 0.29) is 11.8 Å². The van der Waals surface area contributed by atoms with E-state index in [4.69, 9.17) is 9.59 Å². The molecule has 0 unspecified atom stereocenters. The van der Waals surface area contributed by atoms with Crippen molar-refractivity contribution >= 4 is 12.0 Å². The molecule has 31 heavy (non-hydrogen) atoms. The molecule has 0 spiro atoms. The zero-order valence-corrected chi connectivity index (χ0v) is 19.3. The lowest BCUT2D eigenvalue weighted by atomic mass is 10.2. The van der Waals surface area contributed by atoms with Crippen LogP contribution in [-0.2, 0) is 23.2 Å². The van der Waals surface area contributed by atoms with Gasteiger partial charge < -0.3 is 5.32 Å². The van der Waals surface area contributed by atoms with E-state index in [1.807, 2.05) is 65.0 Å². The van der Waals surface area contributed by atoms with Crippen LogP contribution in [0.4, 0.5) is 5.82 Å². The van der Waals surface area contributed by atoms with Gasteiger partial charge in [0.15, 0.2) is 11.6 Å². The predicted octanol–water partition coefficient (Wildman–Crippen LogP) is 4.23. The Hall–Kier alpha value is -3.51. The lowest BCUT2D eigenvalue weighted by Gasteiger charge is -2.22. The van der Waals surface area contributed by atoms with Gasteiger partial charge in [0.1, 0.15) is 11.5 Å². The quantitative estimate of drug-likeness (QED) is 0.584. The van der Waals surface area contributed by atoms with Crippen LogP contribution in [0.15, 0.2) is 47.8 Å². The molecule has 0 fully saturated rings. The summed E-state index contributed by atoms with van der Waals surface area (Å²) in [6.45, 7) is 14.8. The third-order valence-corrected chi connectivity index (χ3v) is 3.85. The third kappa shape index (κ3) is 7.04. The lowest BCUT2D eigenvalue weighted by molar-refractivity contribution is -0.191. The summed E-state index contributed by atoms with van der Waals surface area (Å²) in [6.07, 6.45) is 2.94. The molecule has 4 rings (SSSR count). The third-order valence-electron chi connectivity index (χ3n) is 3.85. The van der Waals surface area contributed by atoms with Crippen molar-refractivity contribution in [2.24, 2.45) is 7.05 Å². The van der Waals surface area contributed by atoms with Crippen LogP contribution in [0.1, 0.15) is 41.0 Å². The molecule has 1 aromatic rings. The Labute approximate surface area is 184 Å². The maximum atomic E-state index is 12.4. The molecule has 0 saturated heterocycles. The summed E-state index contributed by atoms with van der Waals surface area (Å²) in [5, 5.41) is 3.29. The summed E-state index contributed by atoms with van der Waals surface area (Å²) in [5.74, 6) is 2.07. The van der Waals surface area contributed by atoms with Crippen LogP contribution in [0.3, 0.4) is 0 Å². The molecule has 168 valence electrons. The number of benzene rings is 1. The second-order valence-electron chi connectivity index (χ2n) is 5.70. The minimum Gasteiger partial charge on any atom is -0.369 e. The number of fused-ring (bicyclic) bond motifs is 3. The van der Waals surface area contributed by atoms with Gasteiger partial charge in [-0.2, -0.15) is 9.59 Å². The van der Waals surface area contributed by atoms with E-state index < -0.39 is 0 Å². The van der Waals surface area contributed by atoms with Gasteiger partial charge in [-0.05, 0) is 13.3 Å². The van der Waals surface area contributed by atoms with Crippen molar-refractivity contribution in [3.63, 3.8) is 0 Å². The molecule has 3 heterocycles. The maximum absolute atomic E-state index is 12.4. The number of anilines is 1. The average Bonchev–Trinajstić information content (AvgIpc) is 3.28. The van der Waals surface area contributed by atoms with E-state index in [1.54, 1.807) is 22.3 Å². The lowest BCUT2D eigenvalue weighted by Crippen LogP contribution is -2.36. The summed E-state index contributed by atoms with van der Waals surface area (Å²) >= 11 is 0. The summed E-state index contributed by atoms with van der Waals surface area (Å²) in [4.78, 5) is 37.8. The van der Waals surface area contributed by atoms with Crippen LogP contribution < -0.4 is 11.0 Å². The zero-order valence-electron chi connectivity index (χ0n) is 19.3. The van der Waals surface area contributed by atoms with Crippen molar-refractivity contribution < 1.29 is 9.59 Å². The molecule has 0 saturated carbocycles. The molecule has 3 aliphatic heterocycles. The highest BCUT2D eigenvalue weighted by atomic mass is 16.2. The van der Waals surface area contributed by atoms with Gasteiger partial charge in [-0.3, -0.25) is 9.13 Å². The van der Waals surface area contributed by atoms with Crippen LogP contribution in [-0.4, -0.2) is 31.8 Å². The molecule has 0 bridgehead atoms. The number of nitrogens with zero attached hydrogens (tertiary/aromatic N) is 4. The Morgan fingerprint density at radius 3 is 2.19 bits per heavy atom. The number of imidazole rings is 1. The molecule has 0 aromatic heterocycles. The molecule has 1 N–H and O–H groups in total. The Bertz CT molecular complexity index is 971. The Morgan fingerprint density at radius 2 is 1.65 bits per heavy atom. The number of hydrogen-bond donors (Lipinski definition) is 1. The van der Waals surface area contributed by atoms with Gasteiger partial charge in [-0.1, -0.05) is 64.1 Å². The summed E-state index contributed by atoms with van der Waals surface area (Å²) in [6, 6.07) is 9.82.